The molecule has 3 aliphatic rings. The van der Waals surface area contributed by atoms with Crippen molar-refractivity contribution in [1.29, 1.82) is 0 Å². The first-order valence-electron chi connectivity index (χ1n) is 42.3. The molecular weight excluding hydrogens is 1360 g/mol. The highest BCUT2D eigenvalue weighted by Gasteiger charge is 2.54. The van der Waals surface area contributed by atoms with Crippen LogP contribution >= 0.6 is 0 Å². The van der Waals surface area contributed by atoms with Gasteiger partial charge in [-0.25, -0.2) is 0 Å². The maximum Gasteiger partial charge on any atom is 0.220 e. The first-order valence-corrected chi connectivity index (χ1v) is 42.3. The monoisotopic (exact) mass is 1510 g/mol. The van der Waals surface area contributed by atoms with Gasteiger partial charge in [-0.1, -0.05) is 315 Å². The van der Waals surface area contributed by atoms with E-state index in [4.69, 9.17) is 28.4 Å². The first-order chi connectivity index (χ1) is 52.3. The lowest BCUT2D eigenvalue weighted by molar-refractivity contribution is -0.379. The van der Waals surface area contributed by atoms with Crippen molar-refractivity contribution in [1.82, 2.24) is 5.32 Å². The number of amides is 1. The number of rotatable bonds is 66. The summed E-state index contributed by atoms with van der Waals surface area (Å²) in [5.74, 6) is -0.312. The van der Waals surface area contributed by atoms with Gasteiger partial charge in [0, 0.05) is 6.42 Å². The number of carbonyl (C=O) groups is 1. The predicted octanol–water partition coefficient (Wildman–Crippen LogP) is 15.1. The quantitative estimate of drug-likeness (QED) is 0.0199. The van der Waals surface area contributed by atoms with Crippen LogP contribution in [0.4, 0.5) is 0 Å². The standard InChI is InChI=1S/C88H151NO18/c1-3-5-7-9-11-13-15-17-19-21-23-25-27-29-31-33-34-35-36-38-39-41-43-45-47-49-51-53-55-57-59-61-63-65-72(93)71(89-76(94)66-64-62-60-58-56-54-52-50-48-46-44-42-40-37-32-30-28-26-24-22-20-18-16-14-12-10-8-6-4-2)70-102-86-82(100)79(97)84(74(68-91)104-86)107-88-83(101)80(98)85(75(69-92)105-88)106-87-81(99)78(96)77(95)73(67-90)103-87/h6,8,12,14,18,20,24,26,30,32,40,42,46,48,52,54-55,57,63,65,71-75,77-88,90-93,95-101H,3-5,7,9-11,13,15-17,19,21-23,25,27-29,31,33-39,41,43-45,47,49-51,53,56,58-62,64,66-70H2,1-2H3,(H,89,94)/b8-6-,14-12-,20-18-,26-24-,32-30-,42-40-,48-46-,54-52-,57-55+,65-63+. The SMILES string of the molecule is CC/C=C\C/C=C\C/C=C\C/C=C\C/C=C\C/C=C\C/C=C\C/C=C\CCCCCCC(=O)NC(COC1OC(CO)C(OC2OC(CO)C(OC3OC(CO)C(O)C(O)C3O)C(O)C2O)C(O)C1O)C(O)/C=C/CC/C=C/CCCCCCCCCCCCCCCCCCCCCCCCCCCCC. The molecule has 0 bridgehead atoms. The number of aliphatic hydroxyl groups excluding tert-OH is 11. The number of hydrogen-bond donors (Lipinski definition) is 12. The Labute approximate surface area is 646 Å². The van der Waals surface area contributed by atoms with Crippen LogP contribution in [0.5, 0.6) is 0 Å². The maximum atomic E-state index is 13.5. The van der Waals surface area contributed by atoms with Crippen LogP contribution in [0.3, 0.4) is 0 Å². The average molecular weight is 1510 g/mol. The average Bonchev–Trinajstić information content (AvgIpc) is 0.781. The number of hydrogen-bond acceptors (Lipinski definition) is 18. The summed E-state index contributed by atoms with van der Waals surface area (Å²) in [6.45, 7) is 1.60. The van der Waals surface area contributed by atoms with Crippen LogP contribution in [-0.4, -0.2) is 193 Å². The van der Waals surface area contributed by atoms with Gasteiger partial charge in [-0.2, -0.15) is 0 Å². The zero-order valence-corrected chi connectivity index (χ0v) is 66.1. The van der Waals surface area contributed by atoms with E-state index in [1.54, 1.807) is 6.08 Å². The van der Waals surface area contributed by atoms with E-state index in [1.807, 2.05) is 6.08 Å². The summed E-state index contributed by atoms with van der Waals surface area (Å²) in [5, 5.41) is 121. The number of aliphatic hydroxyl groups is 11. The van der Waals surface area contributed by atoms with Crippen molar-refractivity contribution in [3.63, 3.8) is 0 Å². The van der Waals surface area contributed by atoms with E-state index in [-0.39, 0.29) is 18.9 Å². The molecule has 0 aliphatic carbocycles. The number of nitrogens with one attached hydrogen (secondary N) is 1. The van der Waals surface area contributed by atoms with Crippen molar-refractivity contribution in [2.24, 2.45) is 0 Å². The van der Waals surface area contributed by atoms with Gasteiger partial charge in [-0.05, 0) is 96.3 Å². The van der Waals surface area contributed by atoms with E-state index in [1.165, 1.54) is 167 Å². The van der Waals surface area contributed by atoms with E-state index in [0.29, 0.717) is 12.8 Å². The molecule has 3 aliphatic heterocycles. The zero-order chi connectivity index (χ0) is 77.4. The molecule has 0 aromatic carbocycles. The van der Waals surface area contributed by atoms with Crippen LogP contribution in [0, 0.1) is 0 Å². The Morgan fingerprint density at radius 1 is 0.346 bits per heavy atom. The normalized spacial score (nSPS) is 26.2. The van der Waals surface area contributed by atoms with Crippen molar-refractivity contribution in [3.8, 4) is 0 Å². The number of ether oxygens (including phenoxy) is 6. The summed E-state index contributed by atoms with van der Waals surface area (Å²) >= 11 is 0. The first kappa shape index (κ1) is 97.4. The van der Waals surface area contributed by atoms with Gasteiger partial charge in [-0.15, -0.1) is 0 Å². The molecule has 0 aromatic rings. The van der Waals surface area contributed by atoms with Crippen LogP contribution in [-0.2, 0) is 33.2 Å². The highest BCUT2D eigenvalue weighted by atomic mass is 16.8. The minimum absolute atomic E-state index is 0.198. The molecule has 3 fully saturated rings. The van der Waals surface area contributed by atoms with Gasteiger partial charge in [0.05, 0.1) is 38.6 Å². The Bertz CT molecular complexity index is 2410. The second-order valence-electron chi connectivity index (χ2n) is 29.6. The molecular formula is C88H151NO18. The molecule has 616 valence electrons. The maximum absolute atomic E-state index is 13.5. The smallest absolute Gasteiger partial charge is 0.220 e. The fourth-order valence-corrected chi connectivity index (χ4v) is 13.5. The molecule has 3 heterocycles. The summed E-state index contributed by atoms with van der Waals surface area (Å²) in [6, 6.07) is -1.02. The molecule has 1 amide bonds. The van der Waals surface area contributed by atoms with Gasteiger partial charge in [0.25, 0.3) is 0 Å². The van der Waals surface area contributed by atoms with Gasteiger partial charge in [0.2, 0.25) is 5.91 Å². The van der Waals surface area contributed by atoms with E-state index < -0.39 is 124 Å². The van der Waals surface area contributed by atoms with E-state index >= 15 is 0 Å². The summed E-state index contributed by atoms with van der Waals surface area (Å²) in [6.07, 6.45) is 67.7. The van der Waals surface area contributed by atoms with Crippen molar-refractivity contribution >= 4 is 5.91 Å². The molecule has 0 saturated carbocycles. The topological polar surface area (TPSA) is 307 Å². The predicted molar refractivity (Wildman–Crippen MR) is 429 cm³/mol. The molecule has 3 saturated heterocycles. The van der Waals surface area contributed by atoms with Crippen LogP contribution in [0.15, 0.2) is 122 Å². The van der Waals surface area contributed by atoms with Crippen molar-refractivity contribution in [3.05, 3.63) is 122 Å². The second kappa shape index (κ2) is 66.8. The van der Waals surface area contributed by atoms with Crippen LogP contribution in [0.25, 0.3) is 0 Å². The highest BCUT2D eigenvalue weighted by Crippen LogP contribution is 2.33. The summed E-state index contributed by atoms with van der Waals surface area (Å²) in [4.78, 5) is 13.5. The van der Waals surface area contributed by atoms with E-state index in [9.17, 15) is 61.0 Å². The van der Waals surface area contributed by atoms with Crippen molar-refractivity contribution in [2.75, 3.05) is 26.4 Å². The number of allylic oxidation sites excluding steroid dienone is 19. The van der Waals surface area contributed by atoms with Gasteiger partial charge in [0.15, 0.2) is 18.9 Å². The fraction of sp³-hybridized carbons (Fsp3) is 0.761. The van der Waals surface area contributed by atoms with E-state index in [2.05, 4.69) is 129 Å². The summed E-state index contributed by atoms with van der Waals surface area (Å²) in [5.41, 5.74) is 0. The largest absolute Gasteiger partial charge is 0.394 e. The molecule has 0 spiro atoms. The molecule has 0 radical (unpaired) electrons. The second-order valence-corrected chi connectivity index (χ2v) is 29.6. The Morgan fingerprint density at radius 3 is 1.05 bits per heavy atom. The fourth-order valence-electron chi connectivity index (χ4n) is 13.5. The van der Waals surface area contributed by atoms with Crippen molar-refractivity contribution in [2.45, 2.75) is 401 Å². The van der Waals surface area contributed by atoms with E-state index in [0.717, 1.165) is 96.3 Å². The minimum atomic E-state index is -1.99. The van der Waals surface area contributed by atoms with Crippen LogP contribution in [0.2, 0.25) is 0 Å². The third-order valence-corrected chi connectivity index (χ3v) is 20.2. The van der Waals surface area contributed by atoms with Gasteiger partial charge in [-0.3, -0.25) is 4.79 Å². The lowest BCUT2D eigenvalue weighted by atomic mass is 9.96. The Hall–Kier alpha value is -3.81. The van der Waals surface area contributed by atoms with Gasteiger partial charge in [0.1, 0.15) is 73.2 Å². The molecule has 19 heteroatoms. The van der Waals surface area contributed by atoms with Gasteiger partial charge < -0.3 is 89.9 Å². The Kier molecular flexibility index (Phi) is 60.8. The third kappa shape index (κ3) is 46.1. The highest BCUT2D eigenvalue weighted by molar-refractivity contribution is 5.76. The molecule has 107 heavy (non-hydrogen) atoms. The van der Waals surface area contributed by atoms with Crippen LogP contribution in [0.1, 0.15) is 296 Å². The molecule has 3 rings (SSSR count). The zero-order valence-electron chi connectivity index (χ0n) is 66.1. The summed E-state index contributed by atoms with van der Waals surface area (Å²) in [7, 11) is 0. The minimum Gasteiger partial charge on any atom is -0.394 e. The Balaban J connectivity index is 1.39. The lowest BCUT2D eigenvalue weighted by Gasteiger charge is -2.48. The van der Waals surface area contributed by atoms with Crippen LogP contribution < -0.4 is 5.32 Å². The van der Waals surface area contributed by atoms with Crippen molar-refractivity contribution < 1.29 is 89.4 Å². The number of carbonyl (C=O) groups excluding carboxylic acids is 1. The molecule has 0 aromatic heterocycles. The Morgan fingerprint density at radius 2 is 0.654 bits per heavy atom. The summed E-state index contributed by atoms with van der Waals surface area (Å²) < 4.78 is 34.4. The van der Waals surface area contributed by atoms with Gasteiger partial charge >= 0.3 is 0 Å². The molecule has 12 N–H and O–H groups in total. The lowest BCUT2D eigenvalue weighted by Crippen LogP contribution is -2.66. The number of unbranched alkanes of at least 4 members (excludes halogenated alkanes) is 32. The molecule has 17 unspecified atom stereocenters. The third-order valence-electron chi connectivity index (χ3n) is 20.2. The molecule has 17 atom stereocenters. The molecule has 19 nitrogen and oxygen atoms in total.